The first kappa shape index (κ1) is 14.6. The Hall–Kier alpha value is -1.32. The topological polar surface area (TPSA) is 35.2 Å². The van der Waals surface area contributed by atoms with Crippen molar-refractivity contribution < 1.29 is 4.74 Å². The lowest BCUT2D eigenvalue weighted by Crippen LogP contribution is -2.14. The van der Waals surface area contributed by atoms with E-state index in [4.69, 9.17) is 10.5 Å². The van der Waals surface area contributed by atoms with Gasteiger partial charge in [-0.2, -0.15) is 0 Å². The maximum Gasteiger partial charge on any atom is 0.125 e. The Morgan fingerprint density at radius 3 is 2.57 bits per heavy atom. The molecule has 110 valence electrons. The Morgan fingerprint density at radius 2 is 1.81 bits per heavy atom. The number of methoxy groups -OCH3 is 1. The van der Waals surface area contributed by atoms with Gasteiger partial charge in [0.15, 0.2) is 0 Å². The second-order valence-corrected chi connectivity index (χ2v) is 6.51. The van der Waals surface area contributed by atoms with E-state index in [2.05, 4.69) is 34.1 Å². The summed E-state index contributed by atoms with van der Waals surface area (Å²) >= 11 is 3.47. The molecule has 0 bridgehead atoms. The maximum absolute atomic E-state index is 6.48. The van der Waals surface area contributed by atoms with E-state index in [1.807, 2.05) is 18.2 Å². The Morgan fingerprint density at radius 1 is 1.05 bits per heavy atom. The Labute approximate surface area is 134 Å². The largest absolute Gasteiger partial charge is 0.496 e. The van der Waals surface area contributed by atoms with Gasteiger partial charge in [0.2, 0.25) is 0 Å². The molecule has 0 saturated carbocycles. The van der Waals surface area contributed by atoms with Crippen molar-refractivity contribution in [1.29, 1.82) is 0 Å². The minimum absolute atomic E-state index is 0.153. The van der Waals surface area contributed by atoms with Gasteiger partial charge in [0.1, 0.15) is 5.75 Å². The number of rotatable bonds is 3. The number of hydrogen-bond donors (Lipinski definition) is 1. The van der Waals surface area contributed by atoms with Crippen molar-refractivity contribution in [2.75, 3.05) is 7.11 Å². The van der Waals surface area contributed by atoms with Gasteiger partial charge >= 0.3 is 0 Å². The predicted octanol–water partition coefficient (Wildman–Crippen LogP) is 4.38. The molecule has 0 heterocycles. The SMILES string of the molecule is COc1cc(Br)ccc1C(N)c1ccc2c(c1)CCCC2. The number of aryl methyl sites for hydroxylation is 2. The van der Waals surface area contributed by atoms with E-state index in [-0.39, 0.29) is 6.04 Å². The summed E-state index contributed by atoms with van der Waals surface area (Å²) in [4.78, 5) is 0. The number of halogens is 1. The zero-order chi connectivity index (χ0) is 14.8. The van der Waals surface area contributed by atoms with Gasteiger partial charge in [-0.3, -0.25) is 0 Å². The molecule has 3 rings (SSSR count). The van der Waals surface area contributed by atoms with Gasteiger partial charge in [0.25, 0.3) is 0 Å². The fourth-order valence-electron chi connectivity index (χ4n) is 3.07. The molecule has 2 N–H and O–H groups in total. The monoisotopic (exact) mass is 345 g/mol. The number of fused-ring (bicyclic) bond motifs is 1. The third-order valence-electron chi connectivity index (χ3n) is 4.26. The molecular formula is C18H20BrNO. The van der Waals surface area contributed by atoms with Crippen LogP contribution in [0, 0.1) is 0 Å². The Kier molecular flexibility index (Phi) is 4.32. The molecule has 1 atom stereocenters. The number of nitrogens with two attached hydrogens (primary N) is 1. The highest BCUT2D eigenvalue weighted by molar-refractivity contribution is 9.10. The third kappa shape index (κ3) is 2.99. The lowest BCUT2D eigenvalue weighted by Gasteiger charge is -2.20. The van der Waals surface area contributed by atoms with Crippen LogP contribution in [-0.2, 0) is 12.8 Å². The number of hydrogen-bond acceptors (Lipinski definition) is 2. The predicted molar refractivity (Wildman–Crippen MR) is 89.8 cm³/mol. The van der Waals surface area contributed by atoms with Crippen molar-refractivity contribution in [3.63, 3.8) is 0 Å². The lowest BCUT2D eigenvalue weighted by atomic mass is 9.88. The highest BCUT2D eigenvalue weighted by Crippen LogP contribution is 2.32. The summed E-state index contributed by atoms with van der Waals surface area (Å²) in [6, 6.07) is 12.5. The zero-order valence-electron chi connectivity index (χ0n) is 12.2. The Bertz CT molecular complexity index is 654. The summed E-state index contributed by atoms with van der Waals surface area (Å²) in [6.07, 6.45) is 4.96. The number of ether oxygens (including phenoxy) is 1. The molecule has 21 heavy (non-hydrogen) atoms. The van der Waals surface area contributed by atoms with Gasteiger partial charge in [0, 0.05) is 10.0 Å². The summed E-state index contributed by atoms with van der Waals surface area (Å²) in [6.45, 7) is 0. The quantitative estimate of drug-likeness (QED) is 0.895. The van der Waals surface area contributed by atoms with Gasteiger partial charge < -0.3 is 10.5 Å². The van der Waals surface area contributed by atoms with E-state index < -0.39 is 0 Å². The first-order valence-electron chi connectivity index (χ1n) is 7.40. The normalized spacial score (nSPS) is 15.4. The van der Waals surface area contributed by atoms with Crippen LogP contribution in [0.5, 0.6) is 5.75 Å². The average molecular weight is 346 g/mol. The van der Waals surface area contributed by atoms with Gasteiger partial charge in [-0.1, -0.05) is 40.2 Å². The van der Waals surface area contributed by atoms with Crippen LogP contribution in [0.25, 0.3) is 0 Å². The molecule has 2 nitrogen and oxygen atoms in total. The van der Waals surface area contributed by atoms with Crippen LogP contribution in [-0.4, -0.2) is 7.11 Å². The van der Waals surface area contributed by atoms with Gasteiger partial charge in [-0.05, 0) is 54.5 Å². The molecule has 0 aromatic heterocycles. The van der Waals surface area contributed by atoms with E-state index in [1.165, 1.54) is 36.8 Å². The van der Waals surface area contributed by atoms with Crippen molar-refractivity contribution >= 4 is 15.9 Å². The van der Waals surface area contributed by atoms with Crippen LogP contribution in [0.4, 0.5) is 0 Å². The van der Waals surface area contributed by atoms with Crippen molar-refractivity contribution in [1.82, 2.24) is 0 Å². The van der Waals surface area contributed by atoms with E-state index in [1.54, 1.807) is 7.11 Å². The molecular weight excluding hydrogens is 326 g/mol. The maximum atomic E-state index is 6.48. The minimum atomic E-state index is -0.153. The summed E-state index contributed by atoms with van der Waals surface area (Å²) < 4.78 is 6.47. The third-order valence-corrected chi connectivity index (χ3v) is 4.76. The van der Waals surface area contributed by atoms with Crippen molar-refractivity contribution in [2.24, 2.45) is 5.73 Å². The Balaban J connectivity index is 1.96. The molecule has 2 aromatic rings. The van der Waals surface area contributed by atoms with Gasteiger partial charge in [-0.25, -0.2) is 0 Å². The van der Waals surface area contributed by atoms with Crippen LogP contribution in [0.15, 0.2) is 40.9 Å². The molecule has 0 spiro atoms. The first-order chi connectivity index (χ1) is 10.2. The van der Waals surface area contributed by atoms with E-state index in [0.717, 1.165) is 21.3 Å². The number of benzene rings is 2. The summed E-state index contributed by atoms with van der Waals surface area (Å²) in [5.41, 5.74) is 11.6. The molecule has 2 aromatic carbocycles. The van der Waals surface area contributed by atoms with E-state index >= 15 is 0 Å². The molecule has 1 aliphatic rings. The van der Waals surface area contributed by atoms with Crippen LogP contribution < -0.4 is 10.5 Å². The molecule has 3 heteroatoms. The summed E-state index contributed by atoms with van der Waals surface area (Å²) in [5, 5.41) is 0. The highest BCUT2D eigenvalue weighted by atomic mass is 79.9. The van der Waals surface area contributed by atoms with Crippen molar-refractivity contribution in [3.8, 4) is 5.75 Å². The zero-order valence-corrected chi connectivity index (χ0v) is 13.8. The van der Waals surface area contributed by atoms with E-state index in [0.29, 0.717) is 0 Å². The van der Waals surface area contributed by atoms with Gasteiger partial charge in [-0.15, -0.1) is 0 Å². The van der Waals surface area contributed by atoms with Crippen LogP contribution in [0.3, 0.4) is 0 Å². The van der Waals surface area contributed by atoms with Crippen LogP contribution >= 0.6 is 15.9 Å². The molecule has 0 saturated heterocycles. The van der Waals surface area contributed by atoms with Gasteiger partial charge in [0.05, 0.1) is 13.2 Å². The van der Waals surface area contributed by atoms with Crippen LogP contribution in [0.2, 0.25) is 0 Å². The minimum Gasteiger partial charge on any atom is -0.496 e. The van der Waals surface area contributed by atoms with Crippen molar-refractivity contribution in [2.45, 2.75) is 31.7 Å². The van der Waals surface area contributed by atoms with Crippen LogP contribution in [0.1, 0.15) is 41.1 Å². The second-order valence-electron chi connectivity index (χ2n) is 5.60. The highest BCUT2D eigenvalue weighted by Gasteiger charge is 2.17. The fraction of sp³-hybridized carbons (Fsp3) is 0.333. The molecule has 0 fully saturated rings. The summed E-state index contributed by atoms with van der Waals surface area (Å²) in [7, 11) is 1.69. The smallest absolute Gasteiger partial charge is 0.125 e. The molecule has 1 aliphatic carbocycles. The second kappa shape index (κ2) is 6.20. The van der Waals surface area contributed by atoms with Crippen molar-refractivity contribution in [3.05, 3.63) is 63.1 Å². The standard InChI is InChI=1S/C18H20BrNO/c1-21-17-11-15(19)8-9-16(17)18(20)14-7-6-12-4-2-3-5-13(12)10-14/h6-11,18H,2-5,20H2,1H3. The molecule has 0 radical (unpaired) electrons. The van der Waals surface area contributed by atoms with E-state index in [9.17, 15) is 0 Å². The molecule has 0 amide bonds. The fourth-order valence-corrected chi connectivity index (χ4v) is 3.41. The molecule has 0 aliphatic heterocycles. The summed E-state index contributed by atoms with van der Waals surface area (Å²) in [5.74, 6) is 0.828. The first-order valence-corrected chi connectivity index (χ1v) is 8.19. The molecule has 1 unspecified atom stereocenters. The average Bonchev–Trinajstić information content (AvgIpc) is 2.53. The lowest BCUT2D eigenvalue weighted by molar-refractivity contribution is 0.407.